The van der Waals surface area contributed by atoms with Crippen LogP contribution in [0.15, 0.2) is 24.3 Å². The van der Waals surface area contributed by atoms with E-state index in [0.29, 0.717) is 10.6 Å². The maximum Gasteiger partial charge on any atom is 0.332 e. The summed E-state index contributed by atoms with van der Waals surface area (Å²) >= 11 is 5.69. The van der Waals surface area contributed by atoms with E-state index in [1.807, 2.05) is 0 Å². The van der Waals surface area contributed by atoms with Gasteiger partial charge in [0, 0.05) is 23.6 Å². The number of aliphatic hydroxyl groups is 1. The molecule has 0 bridgehead atoms. The lowest BCUT2D eigenvalue weighted by atomic mass is 10.2. The largest absolute Gasteiger partial charge is 0.479 e. The second-order valence-corrected chi connectivity index (χ2v) is 4.62. The van der Waals surface area contributed by atoms with Gasteiger partial charge in [0.05, 0.1) is 6.54 Å². The molecule has 0 aliphatic carbocycles. The van der Waals surface area contributed by atoms with Crippen LogP contribution >= 0.6 is 11.6 Å². The Morgan fingerprint density at radius 1 is 1.14 bits per heavy atom. The number of halogens is 1. The summed E-state index contributed by atoms with van der Waals surface area (Å²) < 4.78 is 0. The Bertz CT molecular complexity index is 518. The topological polar surface area (TPSA) is 116 Å². The van der Waals surface area contributed by atoms with Crippen molar-refractivity contribution in [3.63, 3.8) is 0 Å². The molecule has 0 fully saturated rings. The molecule has 0 unspecified atom stereocenters. The molecule has 0 radical (unpaired) electrons. The second kappa shape index (κ2) is 8.23. The van der Waals surface area contributed by atoms with Crippen LogP contribution in [0.2, 0.25) is 5.02 Å². The van der Waals surface area contributed by atoms with E-state index in [9.17, 15) is 14.4 Å². The van der Waals surface area contributed by atoms with Gasteiger partial charge in [0.1, 0.15) is 0 Å². The van der Waals surface area contributed by atoms with Crippen molar-refractivity contribution in [2.75, 3.05) is 13.1 Å². The van der Waals surface area contributed by atoms with Crippen LogP contribution < -0.4 is 10.6 Å². The smallest absolute Gasteiger partial charge is 0.332 e. The first kappa shape index (κ1) is 16.9. The summed E-state index contributed by atoms with van der Waals surface area (Å²) in [5.41, 5.74) is 0.369. The third kappa shape index (κ3) is 6.24. The number of rotatable bonds is 7. The van der Waals surface area contributed by atoms with Crippen molar-refractivity contribution in [3.8, 4) is 0 Å². The maximum absolute atomic E-state index is 11.7. The molecule has 0 heterocycles. The van der Waals surface area contributed by atoms with E-state index < -0.39 is 23.9 Å². The van der Waals surface area contributed by atoms with Crippen LogP contribution in [-0.4, -0.2) is 47.2 Å². The number of benzene rings is 1. The third-order valence-electron chi connectivity index (χ3n) is 2.54. The monoisotopic (exact) mass is 314 g/mol. The van der Waals surface area contributed by atoms with Crippen molar-refractivity contribution in [1.82, 2.24) is 10.6 Å². The summed E-state index contributed by atoms with van der Waals surface area (Å²) in [6.07, 6.45) is -1.62. The van der Waals surface area contributed by atoms with E-state index in [1.54, 1.807) is 12.1 Å². The number of hydrogen-bond donors (Lipinski definition) is 4. The van der Waals surface area contributed by atoms with Gasteiger partial charge in [-0.1, -0.05) is 11.6 Å². The molecule has 0 saturated carbocycles. The van der Waals surface area contributed by atoms with Gasteiger partial charge in [-0.2, -0.15) is 0 Å². The molecule has 21 heavy (non-hydrogen) atoms. The molecule has 1 aromatic carbocycles. The number of amides is 2. The first-order chi connectivity index (χ1) is 9.90. The first-order valence-corrected chi connectivity index (χ1v) is 6.49. The number of nitrogens with one attached hydrogen (secondary N) is 2. The van der Waals surface area contributed by atoms with Crippen molar-refractivity contribution in [1.29, 1.82) is 0 Å². The predicted octanol–water partition coefficient (Wildman–Crippen LogP) is 0.0216. The molecule has 1 atom stereocenters. The third-order valence-corrected chi connectivity index (χ3v) is 2.79. The van der Waals surface area contributed by atoms with Gasteiger partial charge in [0.2, 0.25) is 5.91 Å². The number of carbonyl (C=O) groups excluding carboxylic acids is 2. The van der Waals surface area contributed by atoms with Crippen LogP contribution in [0.5, 0.6) is 0 Å². The van der Waals surface area contributed by atoms with Crippen LogP contribution in [0.25, 0.3) is 0 Å². The lowest BCUT2D eigenvalue weighted by Crippen LogP contribution is -2.38. The number of carbonyl (C=O) groups is 3. The lowest BCUT2D eigenvalue weighted by molar-refractivity contribution is -0.147. The minimum Gasteiger partial charge on any atom is -0.479 e. The summed E-state index contributed by atoms with van der Waals surface area (Å²) in [5.74, 6) is -2.25. The molecule has 1 rings (SSSR count). The minimum absolute atomic E-state index is 0.00309. The Balaban J connectivity index is 2.28. The molecule has 0 saturated heterocycles. The SMILES string of the molecule is O=C(CNC(=O)c1ccc(Cl)cc1)NCC[C@H](O)C(=O)O. The van der Waals surface area contributed by atoms with Crippen molar-refractivity contribution in [2.45, 2.75) is 12.5 Å². The van der Waals surface area contributed by atoms with Crippen molar-refractivity contribution in [3.05, 3.63) is 34.9 Å². The van der Waals surface area contributed by atoms with E-state index in [1.165, 1.54) is 12.1 Å². The van der Waals surface area contributed by atoms with E-state index >= 15 is 0 Å². The number of aliphatic hydroxyl groups excluding tert-OH is 1. The highest BCUT2D eigenvalue weighted by molar-refractivity contribution is 6.30. The van der Waals surface area contributed by atoms with Gasteiger partial charge in [0.25, 0.3) is 5.91 Å². The summed E-state index contributed by atoms with van der Waals surface area (Å²) in [5, 5.41) is 22.7. The van der Waals surface area contributed by atoms with E-state index in [0.717, 1.165) is 0 Å². The predicted molar refractivity (Wildman–Crippen MR) is 75.1 cm³/mol. The highest BCUT2D eigenvalue weighted by Crippen LogP contribution is 2.09. The Labute approximate surface area is 125 Å². The summed E-state index contributed by atoms with van der Waals surface area (Å²) in [6.45, 7) is -0.242. The Kier molecular flexibility index (Phi) is 6.64. The number of hydrogen-bond acceptors (Lipinski definition) is 4. The molecule has 1 aromatic rings. The molecule has 4 N–H and O–H groups in total. The molecule has 0 spiro atoms. The summed E-state index contributed by atoms with van der Waals surface area (Å²) in [6, 6.07) is 6.17. The van der Waals surface area contributed by atoms with Gasteiger partial charge in [-0.05, 0) is 24.3 Å². The fraction of sp³-hybridized carbons (Fsp3) is 0.308. The molecular weight excluding hydrogens is 300 g/mol. The zero-order valence-electron chi connectivity index (χ0n) is 11.0. The van der Waals surface area contributed by atoms with E-state index in [-0.39, 0.29) is 19.5 Å². The highest BCUT2D eigenvalue weighted by Gasteiger charge is 2.13. The molecule has 0 aromatic heterocycles. The summed E-state index contributed by atoms with van der Waals surface area (Å²) in [4.78, 5) is 33.4. The molecule has 7 nitrogen and oxygen atoms in total. The average Bonchev–Trinajstić information content (AvgIpc) is 2.45. The van der Waals surface area contributed by atoms with Gasteiger partial charge in [0.15, 0.2) is 6.10 Å². The van der Waals surface area contributed by atoms with Crippen molar-refractivity contribution >= 4 is 29.4 Å². The molecule has 114 valence electrons. The molecule has 8 heteroatoms. The van der Waals surface area contributed by atoms with Crippen molar-refractivity contribution < 1.29 is 24.6 Å². The zero-order chi connectivity index (χ0) is 15.8. The minimum atomic E-state index is -1.52. The average molecular weight is 315 g/mol. The maximum atomic E-state index is 11.7. The highest BCUT2D eigenvalue weighted by atomic mass is 35.5. The first-order valence-electron chi connectivity index (χ1n) is 6.11. The standard InChI is InChI=1S/C13H15ClN2O5/c14-9-3-1-8(2-4-9)12(19)16-7-11(18)15-6-5-10(17)13(20)21/h1-4,10,17H,5-7H2,(H,15,18)(H,16,19)(H,20,21)/t10-/m0/s1. The van der Waals surface area contributed by atoms with Gasteiger partial charge >= 0.3 is 5.97 Å². The molecular formula is C13H15ClN2O5. The van der Waals surface area contributed by atoms with Crippen LogP contribution in [-0.2, 0) is 9.59 Å². The van der Waals surface area contributed by atoms with Crippen molar-refractivity contribution in [2.24, 2.45) is 0 Å². The number of carboxylic acids is 1. The van der Waals surface area contributed by atoms with Crippen LogP contribution in [0.4, 0.5) is 0 Å². The lowest BCUT2D eigenvalue weighted by Gasteiger charge is -2.08. The molecule has 0 aliphatic rings. The Morgan fingerprint density at radius 2 is 1.76 bits per heavy atom. The van der Waals surface area contributed by atoms with Crippen LogP contribution in [0.3, 0.4) is 0 Å². The fourth-order valence-corrected chi connectivity index (χ4v) is 1.52. The number of aliphatic carboxylic acids is 1. The van der Waals surface area contributed by atoms with Crippen LogP contribution in [0.1, 0.15) is 16.8 Å². The Morgan fingerprint density at radius 3 is 2.33 bits per heavy atom. The summed E-state index contributed by atoms with van der Waals surface area (Å²) in [7, 11) is 0. The quantitative estimate of drug-likeness (QED) is 0.566. The van der Waals surface area contributed by atoms with E-state index in [2.05, 4.69) is 10.6 Å². The Hall–Kier alpha value is -2.12. The fourth-order valence-electron chi connectivity index (χ4n) is 1.40. The molecule has 2 amide bonds. The normalized spacial score (nSPS) is 11.5. The van der Waals surface area contributed by atoms with Gasteiger partial charge < -0.3 is 20.8 Å². The van der Waals surface area contributed by atoms with Gasteiger partial charge in [-0.25, -0.2) is 4.79 Å². The van der Waals surface area contributed by atoms with Crippen LogP contribution in [0, 0.1) is 0 Å². The number of carboxylic acid groups (broad SMARTS) is 1. The van der Waals surface area contributed by atoms with Gasteiger partial charge in [-0.15, -0.1) is 0 Å². The molecule has 0 aliphatic heterocycles. The van der Waals surface area contributed by atoms with Gasteiger partial charge in [-0.3, -0.25) is 9.59 Å². The zero-order valence-corrected chi connectivity index (χ0v) is 11.8. The van der Waals surface area contributed by atoms with E-state index in [4.69, 9.17) is 21.8 Å². The second-order valence-electron chi connectivity index (χ2n) is 4.18.